The van der Waals surface area contributed by atoms with Crippen molar-refractivity contribution in [3.8, 4) is 0 Å². The third-order valence-corrected chi connectivity index (χ3v) is 7.57. The van der Waals surface area contributed by atoms with Crippen molar-refractivity contribution in [3.63, 3.8) is 0 Å². The van der Waals surface area contributed by atoms with Gasteiger partial charge in [-0.15, -0.1) is 15.8 Å². The van der Waals surface area contributed by atoms with Gasteiger partial charge in [-0.1, -0.05) is 19.0 Å². The minimum Gasteiger partial charge on any atom is -0.296 e. The smallest absolute Gasteiger partial charge is 0.296 e. The number of hydrogen-bond donors (Lipinski definition) is 0. The average molecular weight is 414 g/mol. The Labute approximate surface area is 158 Å². The number of hydrogen-bond acceptors (Lipinski definition) is 8. The number of carbonyl (C=O) groups is 1. The molecule has 1 rings (SSSR count). The molecule has 1 aliphatic heterocycles. The first-order valence-electron chi connectivity index (χ1n) is 7.72. The van der Waals surface area contributed by atoms with E-state index in [1.165, 1.54) is 27.2 Å². The first kappa shape index (κ1) is 22.8. The lowest BCUT2D eigenvalue weighted by Crippen LogP contribution is -2.41. The van der Waals surface area contributed by atoms with Crippen LogP contribution in [-0.2, 0) is 18.5 Å². The molecule has 0 spiro atoms. The summed E-state index contributed by atoms with van der Waals surface area (Å²) in [5.41, 5.74) is -0.800. The summed E-state index contributed by atoms with van der Waals surface area (Å²) >= 11 is 2.30. The van der Waals surface area contributed by atoms with Crippen molar-refractivity contribution in [2.45, 2.75) is 47.1 Å². The van der Waals surface area contributed by atoms with Crippen LogP contribution in [0.15, 0.2) is 5.16 Å². The van der Waals surface area contributed by atoms with Gasteiger partial charge in [-0.25, -0.2) is 13.7 Å². The summed E-state index contributed by atoms with van der Waals surface area (Å²) in [4.78, 5) is 16.9. The topological polar surface area (TPSA) is 80.7 Å². The van der Waals surface area contributed by atoms with Crippen LogP contribution in [0.2, 0.25) is 0 Å². The molecule has 0 radical (unpaired) electrons. The van der Waals surface area contributed by atoms with Gasteiger partial charge in [-0.3, -0.25) is 13.9 Å². The SMILES string of the molecule is CSC(C)=NOC(=O)N(C)SN(C(C)(C)C)P1(=O)OCC(C)(C)CO1. The number of nitrogens with zero attached hydrogens (tertiary/aromatic N) is 3. The molecule has 0 N–H and O–H groups in total. The number of rotatable bonds is 4. The monoisotopic (exact) mass is 413 g/mol. The van der Waals surface area contributed by atoms with Gasteiger partial charge < -0.3 is 0 Å². The number of oxime groups is 1. The molecule has 1 heterocycles. The third kappa shape index (κ3) is 6.77. The van der Waals surface area contributed by atoms with Gasteiger partial charge >= 0.3 is 13.8 Å². The van der Waals surface area contributed by atoms with Crippen molar-refractivity contribution in [3.05, 3.63) is 0 Å². The highest BCUT2D eigenvalue weighted by molar-refractivity contribution is 8.13. The zero-order valence-electron chi connectivity index (χ0n) is 16.1. The molecule has 0 aromatic heterocycles. The summed E-state index contributed by atoms with van der Waals surface area (Å²) in [7, 11) is -2.05. The lowest BCUT2D eigenvalue weighted by molar-refractivity contribution is 0.0236. The molecule has 0 aliphatic carbocycles. The van der Waals surface area contributed by atoms with Crippen LogP contribution >= 0.6 is 31.6 Å². The lowest BCUT2D eigenvalue weighted by atomic mass is 9.97. The number of amides is 1. The van der Waals surface area contributed by atoms with Gasteiger partial charge in [0.1, 0.15) is 5.04 Å². The Morgan fingerprint density at radius 1 is 1.28 bits per heavy atom. The summed E-state index contributed by atoms with van der Waals surface area (Å²) in [6, 6.07) is 0. The molecule has 25 heavy (non-hydrogen) atoms. The third-order valence-electron chi connectivity index (χ3n) is 3.04. The maximum Gasteiger partial charge on any atom is 0.446 e. The highest BCUT2D eigenvalue weighted by atomic mass is 32.2. The molecule has 146 valence electrons. The lowest BCUT2D eigenvalue weighted by Gasteiger charge is -2.43. The predicted molar refractivity (Wildman–Crippen MR) is 103 cm³/mol. The summed E-state index contributed by atoms with van der Waals surface area (Å²) in [5, 5.41) is 4.33. The van der Waals surface area contributed by atoms with Gasteiger partial charge in [0.15, 0.2) is 0 Å². The normalized spacial score (nSPS) is 20.4. The Kier molecular flexibility index (Phi) is 7.86. The molecule has 1 aliphatic rings. The molecule has 11 heteroatoms. The van der Waals surface area contributed by atoms with E-state index in [2.05, 4.69) is 5.16 Å². The van der Waals surface area contributed by atoms with Crippen LogP contribution < -0.4 is 0 Å². The molecule has 1 fully saturated rings. The maximum atomic E-state index is 13.2. The summed E-state index contributed by atoms with van der Waals surface area (Å²) in [6.07, 6.45) is 1.15. The molecule has 8 nitrogen and oxygen atoms in total. The first-order chi connectivity index (χ1) is 11.3. The maximum absolute atomic E-state index is 13.2. The van der Waals surface area contributed by atoms with E-state index in [4.69, 9.17) is 13.9 Å². The van der Waals surface area contributed by atoms with Crippen molar-refractivity contribution in [2.24, 2.45) is 10.6 Å². The molecule has 0 aromatic carbocycles. The Bertz CT molecular complexity index is 551. The second-order valence-corrected chi connectivity index (χ2v) is 11.6. The zero-order valence-corrected chi connectivity index (χ0v) is 18.6. The fourth-order valence-electron chi connectivity index (χ4n) is 1.58. The Balaban J connectivity index is 2.87. The van der Waals surface area contributed by atoms with Crippen molar-refractivity contribution >= 4 is 42.8 Å². The van der Waals surface area contributed by atoms with Gasteiger partial charge in [-0.05, 0) is 34.0 Å². The van der Waals surface area contributed by atoms with Crippen LogP contribution in [0.1, 0.15) is 41.5 Å². The molecule has 1 saturated heterocycles. The Morgan fingerprint density at radius 2 is 1.80 bits per heavy atom. The van der Waals surface area contributed by atoms with Crippen LogP contribution in [0.4, 0.5) is 4.79 Å². The van der Waals surface area contributed by atoms with E-state index in [0.29, 0.717) is 18.3 Å². The van der Waals surface area contributed by atoms with Crippen LogP contribution in [0.3, 0.4) is 0 Å². The summed E-state index contributed by atoms with van der Waals surface area (Å²) in [5.74, 6) is 0. The van der Waals surface area contributed by atoms with Gasteiger partial charge in [0.25, 0.3) is 0 Å². The predicted octanol–water partition coefficient (Wildman–Crippen LogP) is 4.60. The molecule has 0 unspecified atom stereocenters. The second kappa shape index (κ2) is 8.63. The van der Waals surface area contributed by atoms with E-state index in [1.54, 1.807) is 6.92 Å². The van der Waals surface area contributed by atoms with Crippen LogP contribution in [0.5, 0.6) is 0 Å². The van der Waals surface area contributed by atoms with Gasteiger partial charge in [0.05, 0.1) is 25.3 Å². The van der Waals surface area contributed by atoms with E-state index < -0.39 is 19.4 Å². The summed E-state index contributed by atoms with van der Waals surface area (Å²) < 4.78 is 27.1. The zero-order chi connectivity index (χ0) is 19.5. The Hall–Kier alpha value is -0.250. The minimum absolute atomic E-state index is 0.211. The molecular weight excluding hydrogens is 385 g/mol. The van der Waals surface area contributed by atoms with Gasteiger partial charge in [-0.2, -0.15) is 0 Å². The van der Waals surface area contributed by atoms with Crippen molar-refractivity contribution in [1.82, 2.24) is 8.38 Å². The van der Waals surface area contributed by atoms with Crippen molar-refractivity contribution < 1.29 is 23.2 Å². The van der Waals surface area contributed by atoms with Crippen LogP contribution in [0, 0.1) is 5.41 Å². The largest absolute Gasteiger partial charge is 0.446 e. The Morgan fingerprint density at radius 3 is 2.24 bits per heavy atom. The molecule has 0 bridgehead atoms. The fourth-order valence-corrected chi connectivity index (χ4v) is 5.28. The average Bonchev–Trinajstić information content (AvgIpc) is 2.51. The molecule has 0 saturated carbocycles. The standard InChI is InChI=1S/C14H28N3O5PS2/c1-11(24-8)15-22-12(18)16(7)25-17(13(2,3)4)23(19)20-9-14(5,6)10-21-23/h9-10H2,1-8H3. The van der Waals surface area contributed by atoms with Crippen LogP contribution in [0.25, 0.3) is 0 Å². The quantitative estimate of drug-likeness (QED) is 0.165. The highest BCUT2D eigenvalue weighted by Gasteiger charge is 2.48. The molecule has 0 atom stereocenters. The molecule has 1 amide bonds. The highest BCUT2D eigenvalue weighted by Crippen LogP contribution is 2.62. The minimum atomic E-state index is -3.56. The van der Waals surface area contributed by atoms with Crippen LogP contribution in [-0.4, -0.2) is 51.6 Å². The molecule has 0 aromatic rings. The van der Waals surface area contributed by atoms with Gasteiger partial charge in [0, 0.05) is 18.0 Å². The number of thioether (sulfide) groups is 1. The van der Waals surface area contributed by atoms with E-state index in [1.807, 2.05) is 40.9 Å². The fraction of sp³-hybridized carbons (Fsp3) is 0.857. The summed E-state index contributed by atoms with van der Waals surface area (Å²) in [6.45, 7) is 11.9. The van der Waals surface area contributed by atoms with Crippen molar-refractivity contribution in [2.75, 3.05) is 26.5 Å². The first-order valence-corrected chi connectivity index (χ1v) is 11.2. The van der Waals surface area contributed by atoms with Gasteiger partial charge in [0.2, 0.25) is 0 Å². The second-order valence-electron chi connectivity index (χ2n) is 7.37. The molecular formula is C14H28N3O5PS2. The van der Waals surface area contributed by atoms with E-state index in [-0.39, 0.29) is 5.41 Å². The van der Waals surface area contributed by atoms with E-state index in [0.717, 1.165) is 12.1 Å². The van der Waals surface area contributed by atoms with E-state index >= 15 is 0 Å². The number of carbonyl (C=O) groups excluding carboxylic acids is 1. The van der Waals surface area contributed by atoms with Crippen molar-refractivity contribution in [1.29, 1.82) is 0 Å². The van der Waals surface area contributed by atoms with E-state index in [9.17, 15) is 9.36 Å².